The number of benzene rings is 2. The summed E-state index contributed by atoms with van der Waals surface area (Å²) in [7, 11) is 4.84. The van der Waals surface area contributed by atoms with Crippen molar-refractivity contribution in [3.8, 4) is 11.5 Å². The molecule has 1 heterocycles. The fourth-order valence-electron chi connectivity index (χ4n) is 3.61. The van der Waals surface area contributed by atoms with Crippen LogP contribution in [0.15, 0.2) is 24.3 Å². The first-order valence-electron chi connectivity index (χ1n) is 9.14. The predicted molar refractivity (Wildman–Crippen MR) is 111 cm³/mol. The maximum Gasteiger partial charge on any atom is 0.251 e. The van der Waals surface area contributed by atoms with E-state index < -0.39 is 0 Å². The average Bonchev–Trinajstić information content (AvgIpc) is 3.02. The molecule has 2 N–H and O–H groups in total. The van der Waals surface area contributed by atoms with Gasteiger partial charge < -0.3 is 19.8 Å². The van der Waals surface area contributed by atoms with E-state index in [9.17, 15) is 9.18 Å². The summed E-state index contributed by atoms with van der Waals surface area (Å²) in [6.07, 6.45) is 0.605. The number of carbonyl (C=O) groups excluding carboxylic acids is 1. The van der Waals surface area contributed by atoms with E-state index in [4.69, 9.17) is 9.47 Å². The number of carbonyl (C=O) groups is 1. The molecule has 28 heavy (non-hydrogen) atoms. The standard InChI is InChI=1S/C21H24BFN2O3/c1-11-9-15(22)19(23)20-18(11)14(12(2)25-20)7-8-24-21(26)13-5-6-16(27-3)17(10-13)28-4/h5-6,9-10,25H,7-8,22H2,1-4H3,(H,24,26). The van der Waals surface area contributed by atoms with E-state index in [1.807, 2.05) is 19.9 Å². The summed E-state index contributed by atoms with van der Waals surface area (Å²) in [4.78, 5) is 15.6. The van der Waals surface area contributed by atoms with Crippen molar-refractivity contribution >= 4 is 30.1 Å². The molecule has 0 unspecified atom stereocenters. The van der Waals surface area contributed by atoms with Crippen LogP contribution >= 0.6 is 0 Å². The summed E-state index contributed by atoms with van der Waals surface area (Å²) < 4.78 is 24.9. The van der Waals surface area contributed by atoms with Gasteiger partial charge in [0.05, 0.1) is 19.7 Å². The van der Waals surface area contributed by atoms with Gasteiger partial charge in [-0.15, -0.1) is 0 Å². The van der Waals surface area contributed by atoms with Crippen LogP contribution in [0, 0.1) is 19.7 Å². The highest BCUT2D eigenvalue weighted by molar-refractivity contribution is 6.33. The topological polar surface area (TPSA) is 63.4 Å². The molecule has 3 rings (SSSR count). The molecule has 1 amide bonds. The maximum absolute atomic E-state index is 14.5. The quantitative estimate of drug-likeness (QED) is 0.643. The number of aromatic amines is 1. The average molecular weight is 382 g/mol. The Morgan fingerprint density at radius 2 is 1.89 bits per heavy atom. The van der Waals surface area contributed by atoms with Gasteiger partial charge in [0.1, 0.15) is 13.7 Å². The lowest BCUT2D eigenvalue weighted by Gasteiger charge is -2.10. The molecule has 0 saturated carbocycles. The normalized spacial score (nSPS) is 10.9. The Morgan fingerprint density at radius 1 is 1.18 bits per heavy atom. The van der Waals surface area contributed by atoms with Crippen LogP contribution in [-0.4, -0.2) is 39.5 Å². The number of ether oxygens (including phenoxy) is 2. The minimum Gasteiger partial charge on any atom is -0.493 e. The van der Waals surface area contributed by atoms with Crippen LogP contribution < -0.4 is 20.3 Å². The first-order valence-corrected chi connectivity index (χ1v) is 9.14. The first kappa shape index (κ1) is 19.8. The molecule has 5 nitrogen and oxygen atoms in total. The van der Waals surface area contributed by atoms with Gasteiger partial charge in [-0.25, -0.2) is 4.39 Å². The number of aromatic nitrogens is 1. The number of halogens is 1. The molecular formula is C21H24BFN2O3. The molecule has 0 saturated heterocycles. The van der Waals surface area contributed by atoms with Gasteiger partial charge in [0, 0.05) is 23.2 Å². The molecule has 2 aromatic carbocycles. The Bertz CT molecular complexity index is 1050. The highest BCUT2D eigenvalue weighted by Crippen LogP contribution is 2.28. The highest BCUT2D eigenvalue weighted by atomic mass is 19.1. The van der Waals surface area contributed by atoms with Crippen molar-refractivity contribution in [1.82, 2.24) is 10.3 Å². The van der Waals surface area contributed by atoms with Gasteiger partial charge >= 0.3 is 0 Å². The van der Waals surface area contributed by atoms with Gasteiger partial charge in [-0.2, -0.15) is 0 Å². The highest BCUT2D eigenvalue weighted by Gasteiger charge is 2.16. The smallest absolute Gasteiger partial charge is 0.251 e. The second-order valence-corrected chi connectivity index (χ2v) is 6.88. The van der Waals surface area contributed by atoms with Crippen LogP contribution in [-0.2, 0) is 6.42 Å². The maximum atomic E-state index is 14.5. The second-order valence-electron chi connectivity index (χ2n) is 6.88. The van der Waals surface area contributed by atoms with Crippen molar-refractivity contribution in [3.05, 3.63) is 52.5 Å². The Balaban J connectivity index is 1.76. The SMILES string of the molecule is Bc1cc(C)c2c(CCNC(=O)c3ccc(OC)c(OC)c3)c(C)[nH]c2c1F. The van der Waals surface area contributed by atoms with E-state index in [2.05, 4.69) is 10.3 Å². The fraction of sp³-hybridized carbons (Fsp3) is 0.286. The molecule has 0 fully saturated rings. The molecule has 0 spiro atoms. The number of H-pyrrole nitrogens is 1. The summed E-state index contributed by atoms with van der Waals surface area (Å²) in [5.41, 5.74) is 4.63. The lowest BCUT2D eigenvalue weighted by atomic mass is 9.90. The van der Waals surface area contributed by atoms with E-state index in [0.29, 0.717) is 41.0 Å². The predicted octanol–water partition coefficient (Wildman–Crippen LogP) is 2.17. The number of hydrogen-bond donors (Lipinski definition) is 2. The number of nitrogens with one attached hydrogen (secondary N) is 2. The van der Waals surface area contributed by atoms with Gasteiger partial charge in [-0.3, -0.25) is 4.79 Å². The summed E-state index contributed by atoms with van der Waals surface area (Å²) in [5, 5.41) is 3.82. The van der Waals surface area contributed by atoms with Crippen LogP contribution in [0.1, 0.15) is 27.2 Å². The van der Waals surface area contributed by atoms with Crippen LogP contribution in [0.2, 0.25) is 0 Å². The number of methoxy groups -OCH3 is 2. The van der Waals surface area contributed by atoms with Crippen molar-refractivity contribution in [3.63, 3.8) is 0 Å². The summed E-state index contributed by atoms with van der Waals surface area (Å²) in [6.45, 7) is 4.35. The Kier molecular flexibility index (Phi) is 5.63. The molecule has 0 atom stereocenters. The van der Waals surface area contributed by atoms with Crippen LogP contribution in [0.25, 0.3) is 10.9 Å². The van der Waals surface area contributed by atoms with Gasteiger partial charge in [0.2, 0.25) is 0 Å². The summed E-state index contributed by atoms with van der Waals surface area (Å²) in [6, 6.07) is 6.89. The van der Waals surface area contributed by atoms with Gasteiger partial charge in [0.25, 0.3) is 5.91 Å². The number of rotatable bonds is 6. The number of amides is 1. The minimum absolute atomic E-state index is 0.197. The molecule has 0 aliphatic carbocycles. The van der Waals surface area contributed by atoms with Crippen molar-refractivity contribution in [2.75, 3.05) is 20.8 Å². The Labute approximate surface area is 164 Å². The van der Waals surface area contributed by atoms with Gasteiger partial charge in [0.15, 0.2) is 11.5 Å². The van der Waals surface area contributed by atoms with E-state index in [1.54, 1.807) is 33.2 Å². The molecule has 1 aromatic heterocycles. The zero-order valence-corrected chi connectivity index (χ0v) is 16.8. The van der Waals surface area contributed by atoms with Crippen molar-refractivity contribution in [2.45, 2.75) is 20.3 Å². The third kappa shape index (κ3) is 3.57. The molecule has 146 valence electrons. The number of hydrogen-bond acceptors (Lipinski definition) is 3. The third-order valence-electron chi connectivity index (χ3n) is 5.02. The summed E-state index contributed by atoms with van der Waals surface area (Å²) in [5.74, 6) is 0.659. The molecule has 0 aliphatic heterocycles. The lowest BCUT2D eigenvalue weighted by Crippen LogP contribution is -2.25. The van der Waals surface area contributed by atoms with E-state index in [0.717, 1.165) is 22.2 Å². The van der Waals surface area contributed by atoms with Crippen LogP contribution in [0.3, 0.4) is 0 Å². The van der Waals surface area contributed by atoms with Gasteiger partial charge in [-0.05, 0) is 49.6 Å². The Morgan fingerprint density at radius 3 is 2.57 bits per heavy atom. The first-order chi connectivity index (χ1) is 13.4. The number of aryl methyl sites for hydroxylation is 2. The van der Waals surface area contributed by atoms with E-state index in [-0.39, 0.29) is 11.7 Å². The molecular weight excluding hydrogens is 358 g/mol. The fourth-order valence-corrected chi connectivity index (χ4v) is 3.61. The van der Waals surface area contributed by atoms with Gasteiger partial charge in [-0.1, -0.05) is 11.5 Å². The van der Waals surface area contributed by atoms with Crippen molar-refractivity contribution in [2.24, 2.45) is 0 Å². The van der Waals surface area contributed by atoms with Crippen LogP contribution in [0.4, 0.5) is 4.39 Å². The van der Waals surface area contributed by atoms with Crippen LogP contribution in [0.5, 0.6) is 11.5 Å². The number of fused-ring (bicyclic) bond motifs is 1. The third-order valence-corrected chi connectivity index (χ3v) is 5.02. The molecule has 0 radical (unpaired) electrons. The zero-order valence-electron chi connectivity index (χ0n) is 16.8. The van der Waals surface area contributed by atoms with Crippen molar-refractivity contribution in [1.29, 1.82) is 0 Å². The van der Waals surface area contributed by atoms with E-state index >= 15 is 0 Å². The summed E-state index contributed by atoms with van der Waals surface area (Å²) >= 11 is 0. The lowest BCUT2D eigenvalue weighted by molar-refractivity contribution is 0.0953. The van der Waals surface area contributed by atoms with Crippen molar-refractivity contribution < 1.29 is 18.7 Å². The zero-order chi connectivity index (χ0) is 20.4. The second kappa shape index (κ2) is 7.96. The molecule has 0 bridgehead atoms. The molecule has 0 aliphatic rings. The largest absolute Gasteiger partial charge is 0.493 e. The monoisotopic (exact) mass is 382 g/mol. The molecule has 3 aromatic rings. The molecule has 7 heteroatoms. The minimum atomic E-state index is -0.218. The Hall–Kier alpha value is -2.96. The van der Waals surface area contributed by atoms with E-state index in [1.165, 1.54) is 7.11 Å².